The van der Waals surface area contributed by atoms with E-state index in [0.29, 0.717) is 23.8 Å². The lowest BCUT2D eigenvalue weighted by Crippen LogP contribution is -2.05. The Morgan fingerprint density at radius 1 is 1.28 bits per heavy atom. The predicted molar refractivity (Wildman–Crippen MR) is 100 cm³/mol. The minimum Gasteiger partial charge on any atom is -0.492 e. The molecule has 0 aliphatic rings. The fraction of sp³-hybridized carbons (Fsp3) is 0.263. The standard InChI is InChI=1S/C19H19N3O2S/c1-12(2)11-24-17-6-4-15(8-14(17)9-20)21-19-22-16-5-3-13(10-23)7-18(16)25-19/h3-8,12,23H,10-11H2,1-2H3,(H,21,22). The van der Waals surface area contributed by atoms with Gasteiger partial charge in [0, 0.05) is 5.69 Å². The van der Waals surface area contributed by atoms with Crippen LogP contribution in [0.3, 0.4) is 0 Å². The Bertz CT molecular complexity index is 928. The molecule has 128 valence electrons. The topological polar surface area (TPSA) is 78.2 Å². The molecule has 1 aromatic heterocycles. The van der Waals surface area contributed by atoms with Crippen molar-refractivity contribution in [1.82, 2.24) is 4.98 Å². The summed E-state index contributed by atoms with van der Waals surface area (Å²) in [6, 6.07) is 13.3. The minimum absolute atomic E-state index is 0.0139. The zero-order valence-corrected chi connectivity index (χ0v) is 14.9. The van der Waals surface area contributed by atoms with E-state index in [-0.39, 0.29) is 6.61 Å². The van der Waals surface area contributed by atoms with Gasteiger partial charge in [0.05, 0.1) is 29.0 Å². The second-order valence-electron chi connectivity index (χ2n) is 6.13. The highest BCUT2D eigenvalue weighted by Crippen LogP contribution is 2.30. The fourth-order valence-corrected chi connectivity index (χ4v) is 3.27. The van der Waals surface area contributed by atoms with Gasteiger partial charge in [0.2, 0.25) is 0 Å². The van der Waals surface area contributed by atoms with Crippen molar-refractivity contribution in [3.05, 3.63) is 47.5 Å². The van der Waals surface area contributed by atoms with E-state index in [1.54, 1.807) is 12.1 Å². The number of nitrogens with one attached hydrogen (secondary N) is 1. The highest BCUT2D eigenvalue weighted by atomic mass is 32.1. The lowest BCUT2D eigenvalue weighted by molar-refractivity contribution is 0.270. The molecule has 0 atom stereocenters. The summed E-state index contributed by atoms with van der Waals surface area (Å²) in [7, 11) is 0. The van der Waals surface area contributed by atoms with Crippen molar-refractivity contribution >= 4 is 32.4 Å². The maximum absolute atomic E-state index is 9.35. The number of anilines is 2. The quantitative estimate of drug-likeness (QED) is 0.685. The molecule has 2 N–H and O–H groups in total. The third kappa shape index (κ3) is 4.08. The van der Waals surface area contributed by atoms with E-state index in [0.717, 1.165) is 26.6 Å². The van der Waals surface area contributed by atoms with Crippen LogP contribution in [0.5, 0.6) is 5.75 Å². The Labute approximate surface area is 150 Å². The van der Waals surface area contributed by atoms with Gasteiger partial charge in [-0.25, -0.2) is 4.98 Å². The molecule has 0 spiro atoms. The average Bonchev–Trinajstić information content (AvgIpc) is 3.01. The Balaban J connectivity index is 1.81. The number of hydrogen-bond donors (Lipinski definition) is 2. The molecule has 3 rings (SSSR count). The molecule has 0 fully saturated rings. The maximum atomic E-state index is 9.35. The number of aromatic nitrogens is 1. The Morgan fingerprint density at radius 2 is 2.12 bits per heavy atom. The summed E-state index contributed by atoms with van der Waals surface area (Å²) in [5.74, 6) is 0.995. The molecule has 0 unspecified atom stereocenters. The van der Waals surface area contributed by atoms with Crippen LogP contribution < -0.4 is 10.1 Å². The number of rotatable bonds is 6. The highest BCUT2D eigenvalue weighted by molar-refractivity contribution is 7.22. The second-order valence-corrected chi connectivity index (χ2v) is 7.16. The summed E-state index contributed by atoms with van der Waals surface area (Å²) >= 11 is 1.51. The van der Waals surface area contributed by atoms with E-state index in [1.165, 1.54) is 11.3 Å². The number of benzene rings is 2. The van der Waals surface area contributed by atoms with Gasteiger partial charge in [0.1, 0.15) is 11.8 Å². The first-order valence-electron chi connectivity index (χ1n) is 8.03. The molecule has 0 radical (unpaired) electrons. The number of ether oxygens (including phenoxy) is 1. The Kier molecular flexibility index (Phi) is 5.17. The van der Waals surface area contributed by atoms with Crippen molar-refractivity contribution in [2.75, 3.05) is 11.9 Å². The van der Waals surface area contributed by atoms with Crippen LogP contribution >= 0.6 is 11.3 Å². The summed E-state index contributed by atoms with van der Waals surface area (Å²) in [5, 5.41) is 22.6. The van der Waals surface area contributed by atoms with Crippen molar-refractivity contribution in [2.45, 2.75) is 20.5 Å². The summed E-state index contributed by atoms with van der Waals surface area (Å²) in [6.45, 7) is 4.72. The SMILES string of the molecule is CC(C)COc1ccc(Nc2nc3ccc(CO)cc3s2)cc1C#N. The van der Waals surface area contributed by atoms with Crippen molar-refractivity contribution in [2.24, 2.45) is 5.92 Å². The number of aliphatic hydroxyl groups is 1. The van der Waals surface area contributed by atoms with Crippen LogP contribution in [0.2, 0.25) is 0 Å². The molecule has 25 heavy (non-hydrogen) atoms. The van der Waals surface area contributed by atoms with E-state index in [9.17, 15) is 10.4 Å². The summed E-state index contributed by atoms with van der Waals surface area (Å²) < 4.78 is 6.69. The first-order valence-corrected chi connectivity index (χ1v) is 8.85. The predicted octanol–water partition coefficient (Wildman–Crippen LogP) is 4.44. The molecule has 1 heterocycles. The summed E-state index contributed by atoms with van der Waals surface area (Å²) in [4.78, 5) is 4.53. The first-order chi connectivity index (χ1) is 12.1. The molecule has 2 aromatic carbocycles. The van der Waals surface area contributed by atoms with E-state index < -0.39 is 0 Å². The molecular weight excluding hydrogens is 334 g/mol. The van der Waals surface area contributed by atoms with Crippen LogP contribution in [0.25, 0.3) is 10.2 Å². The zero-order chi connectivity index (χ0) is 17.8. The number of fused-ring (bicyclic) bond motifs is 1. The normalized spacial score (nSPS) is 10.8. The second kappa shape index (κ2) is 7.51. The van der Waals surface area contributed by atoms with Crippen LogP contribution in [0.4, 0.5) is 10.8 Å². The molecule has 0 aliphatic heterocycles. The molecule has 0 bridgehead atoms. The molecular formula is C19H19N3O2S. The lowest BCUT2D eigenvalue weighted by Gasteiger charge is -2.11. The van der Waals surface area contributed by atoms with Crippen LogP contribution in [0.1, 0.15) is 25.0 Å². The van der Waals surface area contributed by atoms with E-state index in [4.69, 9.17) is 4.74 Å². The molecule has 0 saturated carbocycles. The van der Waals surface area contributed by atoms with Gasteiger partial charge in [0.15, 0.2) is 5.13 Å². The molecule has 6 heteroatoms. The largest absolute Gasteiger partial charge is 0.492 e. The van der Waals surface area contributed by atoms with Crippen molar-refractivity contribution in [3.8, 4) is 11.8 Å². The zero-order valence-electron chi connectivity index (χ0n) is 14.1. The number of nitriles is 1. The van der Waals surface area contributed by atoms with Crippen LogP contribution in [-0.4, -0.2) is 16.7 Å². The Hall–Kier alpha value is -2.62. The van der Waals surface area contributed by atoms with Crippen LogP contribution in [-0.2, 0) is 6.61 Å². The van der Waals surface area contributed by atoms with Gasteiger partial charge in [0.25, 0.3) is 0 Å². The number of aliphatic hydroxyl groups excluding tert-OH is 1. The lowest BCUT2D eigenvalue weighted by atomic mass is 10.2. The van der Waals surface area contributed by atoms with Gasteiger partial charge in [-0.05, 0) is 41.8 Å². The first kappa shape index (κ1) is 17.2. The number of hydrogen-bond acceptors (Lipinski definition) is 6. The van der Waals surface area contributed by atoms with Crippen LogP contribution in [0, 0.1) is 17.2 Å². The van der Waals surface area contributed by atoms with E-state index >= 15 is 0 Å². The third-order valence-corrected chi connectivity index (χ3v) is 4.49. The van der Waals surface area contributed by atoms with Crippen molar-refractivity contribution in [3.63, 3.8) is 0 Å². The third-order valence-electron chi connectivity index (χ3n) is 3.56. The molecule has 5 nitrogen and oxygen atoms in total. The molecule has 0 aliphatic carbocycles. The van der Waals surface area contributed by atoms with Gasteiger partial charge >= 0.3 is 0 Å². The van der Waals surface area contributed by atoms with Crippen molar-refractivity contribution < 1.29 is 9.84 Å². The minimum atomic E-state index is 0.0139. The number of thiazole rings is 1. The highest BCUT2D eigenvalue weighted by Gasteiger charge is 2.09. The van der Waals surface area contributed by atoms with Gasteiger partial charge in [-0.15, -0.1) is 0 Å². The summed E-state index contributed by atoms with van der Waals surface area (Å²) in [5.41, 5.74) is 3.02. The van der Waals surface area contributed by atoms with Crippen LogP contribution in [0.15, 0.2) is 36.4 Å². The van der Waals surface area contributed by atoms with Gasteiger partial charge < -0.3 is 15.2 Å². The fourth-order valence-electron chi connectivity index (χ4n) is 2.32. The van der Waals surface area contributed by atoms with Gasteiger partial charge in [-0.2, -0.15) is 5.26 Å². The van der Waals surface area contributed by atoms with Gasteiger partial charge in [-0.1, -0.05) is 31.3 Å². The van der Waals surface area contributed by atoms with E-state index in [2.05, 4.69) is 30.2 Å². The smallest absolute Gasteiger partial charge is 0.188 e. The maximum Gasteiger partial charge on any atom is 0.188 e. The monoisotopic (exact) mass is 353 g/mol. The molecule has 0 saturated heterocycles. The number of nitrogens with zero attached hydrogens (tertiary/aromatic N) is 2. The van der Waals surface area contributed by atoms with Gasteiger partial charge in [-0.3, -0.25) is 0 Å². The molecule has 3 aromatic rings. The van der Waals surface area contributed by atoms with Crippen molar-refractivity contribution in [1.29, 1.82) is 5.26 Å². The Morgan fingerprint density at radius 3 is 2.84 bits per heavy atom. The summed E-state index contributed by atoms with van der Waals surface area (Å²) in [6.07, 6.45) is 0. The average molecular weight is 353 g/mol. The molecule has 0 amide bonds. The van der Waals surface area contributed by atoms with E-state index in [1.807, 2.05) is 24.3 Å².